The van der Waals surface area contributed by atoms with E-state index in [0.29, 0.717) is 11.7 Å². The van der Waals surface area contributed by atoms with E-state index in [1.807, 2.05) is 7.05 Å². The van der Waals surface area contributed by atoms with E-state index in [-0.39, 0.29) is 0 Å². The van der Waals surface area contributed by atoms with Crippen molar-refractivity contribution in [3.63, 3.8) is 0 Å². The van der Waals surface area contributed by atoms with Crippen LogP contribution in [0, 0.1) is 0 Å². The zero-order valence-corrected chi connectivity index (χ0v) is 11.9. The predicted octanol–water partition coefficient (Wildman–Crippen LogP) is 0.591. The molecule has 0 aromatic rings. The molecule has 0 saturated carbocycles. The fourth-order valence-corrected chi connectivity index (χ4v) is 3.43. The van der Waals surface area contributed by atoms with E-state index in [1.165, 1.54) is 6.42 Å². The molecule has 0 spiro atoms. The zero-order valence-electron chi connectivity index (χ0n) is 10.2. The van der Waals surface area contributed by atoms with Gasteiger partial charge in [0.2, 0.25) is 0 Å². The SMILES string of the molecule is CNC(=S)NCCOP1N(C)CCCN1C. The molecule has 0 radical (unpaired) electrons. The van der Waals surface area contributed by atoms with Crippen molar-refractivity contribution in [2.45, 2.75) is 6.42 Å². The lowest BCUT2D eigenvalue weighted by atomic mass is 10.4. The van der Waals surface area contributed by atoms with Gasteiger partial charge in [-0.2, -0.15) is 0 Å². The maximum absolute atomic E-state index is 5.87. The Morgan fingerprint density at radius 2 is 2.00 bits per heavy atom. The van der Waals surface area contributed by atoms with E-state index < -0.39 is 8.45 Å². The molecular formula is C9H21N4OPS. The summed E-state index contributed by atoms with van der Waals surface area (Å²) in [5, 5.41) is 6.61. The maximum atomic E-state index is 5.87. The highest BCUT2D eigenvalue weighted by molar-refractivity contribution is 7.80. The standard InChI is InChI=1S/C9H21N4OPS/c1-10-9(16)11-5-8-14-15-12(2)6-4-7-13(15)3/h4-8H2,1-3H3,(H2,10,11,16). The lowest BCUT2D eigenvalue weighted by molar-refractivity contribution is 0.256. The van der Waals surface area contributed by atoms with E-state index in [4.69, 9.17) is 16.7 Å². The second-order valence-corrected chi connectivity index (χ2v) is 6.25. The Labute approximate surface area is 104 Å². The summed E-state index contributed by atoms with van der Waals surface area (Å²) in [6, 6.07) is 0. The van der Waals surface area contributed by atoms with Crippen molar-refractivity contribution in [3.05, 3.63) is 0 Å². The first-order chi connectivity index (χ1) is 7.65. The van der Waals surface area contributed by atoms with Gasteiger partial charge < -0.3 is 15.2 Å². The van der Waals surface area contributed by atoms with Crippen molar-refractivity contribution in [1.82, 2.24) is 20.0 Å². The first-order valence-electron chi connectivity index (χ1n) is 5.46. The molecule has 1 saturated heterocycles. The van der Waals surface area contributed by atoms with Crippen LogP contribution in [0.3, 0.4) is 0 Å². The summed E-state index contributed by atoms with van der Waals surface area (Å²) in [5.74, 6) is 0. The highest BCUT2D eigenvalue weighted by Gasteiger charge is 2.25. The van der Waals surface area contributed by atoms with Crippen molar-refractivity contribution in [2.24, 2.45) is 0 Å². The number of nitrogens with zero attached hydrogens (tertiary/aromatic N) is 2. The van der Waals surface area contributed by atoms with Crippen LogP contribution in [0.5, 0.6) is 0 Å². The van der Waals surface area contributed by atoms with Gasteiger partial charge in [0.1, 0.15) is 0 Å². The van der Waals surface area contributed by atoms with Crippen LogP contribution < -0.4 is 10.6 Å². The summed E-state index contributed by atoms with van der Waals surface area (Å²) >= 11 is 4.98. The lowest BCUT2D eigenvalue weighted by Crippen LogP contribution is -2.36. The van der Waals surface area contributed by atoms with Crippen LogP contribution in [0.2, 0.25) is 0 Å². The van der Waals surface area contributed by atoms with Crippen LogP contribution in [0.1, 0.15) is 6.42 Å². The van der Waals surface area contributed by atoms with Crippen molar-refractivity contribution < 1.29 is 4.52 Å². The summed E-state index contributed by atoms with van der Waals surface area (Å²) in [4.78, 5) is 0. The molecule has 0 aromatic carbocycles. The molecule has 0 atom stereocenters. The Hall–Kier alpha value is -0.0000000000000000416. The minimum Gasteiger partial charge on any atom is -0.366 e. The minimum absolute atomic E-state index is 0.566. The quantitative estimate of drug-likeness (QED) is 0.440. The summed E-state index contributed by atoms with van der Waals surface area (Å²) in [6.45, 7) is 3.68. The second kappa shape index (κ2) is 7.35. The van der Waals surface area contributed by atoms with Gasteiger partial charge in [0.05, 0.1) is 6.61 Å². The highest BCUT2D eigenvalue weighted by atomic mass is 32.1. The molecule has 7 heteroatoms. The van der Waals surface area contributed by atoms with Gasteiger partial charge in [0.15, 0.2) is 13.6 Å². The van der Waals surface area contributed by atoms with Crippen LogP contribution in [0.4, 0.5) is 0 Å². The normalized spacial score (nSPS) is 19.7. The van der Waals surface area contributed by atoms with Gasteiger partial charge in [-0.05, 0) is 32.7 Å². The van der Waals surface area contributed by atoms with Crippen molar-refractivity contribution in [3.8, 4) is 0 Å². The molecule has 0 bridgehead atoms. The van der Waals surface area contributed by atoms with Gasteiger partial charge in [-0.15, -0.1) is 0 Å². The molecule has 1 rings (SSSR count). The molecule has 1 heterocycles. The smallest absolute Gasteiger partial charge is 0.187 e. The van der Waals surface area contributed by atoms with Crippen molar-refractivity contribution >= 4 is 25.8 Å². The molecule has 0 unspecified atom stereocenters. The molecule has 16 heavy (non-hydrogen) atoms. The fourth-order valence-electron chi connectivity index (χ4n) is 1.54. The van der Waals surface area contributed by atoms with E-state index in [2.05, 4.69) is 34.1 Å². The van der Waals surface area contributed by atoms with Crippen LogP contribution in [-0.4, -0.2) is 61.8 Å². The van der Waals surface area contributed by atoms with E-state index >= 15 is 0 Å². The summed E-state index contributed by atoms with van der Waals surface area (Å²) in [5.41, 5.74) is 0. The van der Waals surface area contributed by atoms with Crippen molar-refractivity contribution in [1.29, 1.82) is 0 Å². The van der Waals surface area contributed by atoms with Gasteiger partial charge in [0.25, 0.3) is 0 Å². The maximum Gasteiger partial charge on any atom is 0.187 e. The van der Waals surface area contributed by atoms with E-state index in [9.17, 15) is 0 Å². The first kappa shape index (κ1) is 14.1. The zero-order chi connectivity index (χ0) is 12.0. The third kappa shape index (κ3) is 4.47. The minimum atomic E-state index is -0.566. The predicted molar refractivity (Wildman–Crippen MR) is 72.4 cm³/mol. The Balaban J connectivity index is 2.17. The summed E-state index contributed by atoms with van der Waals surface area (Å²) < 4.78 is 10.4. The fraction of sp³-hybridized carbons (Fsp3) is 0.889. The summed E-state index contributed by atoms with van der Waals surface area (Å²) in [6.07, 6.45) is 1.22. The Bertz CT molecular complexity index is 222. The van der Waals surface area contributed by atoms with Crippen molar-refractivity contribution in [2.75, 3.05) is 47.4 Å². The molecule has 1 fully saturated rings. The topological polar surface area (TPSA) is 39.8 Å². The lowest BCUT2D eigenvalue weighted by Gasteiger charge is -2.38. The van der Waals surface area contributed by atoms with Gasteiger partial charge in [0, 0.05) is 26.7 Å². The number of rotatable bonds is 4. The molecule has 94 valence electrons. The summed E-state index contributed by atoms with van der Waals surface area (Å²) in [7, 11) is 5.48. The molecule has 1 aliphatic rings. The highest BCUT2D eigenvalue weighted by Crippen LogP contribution is 2.45. The van der Waals surface area contributed by atoms with Crippen LogP contribution in [-0.2, 0) is 4.52 Å². The number of hydrogen-bond acceptors (Lipinski definition) is 4. The number of hydrogen-bond donors (Lipinski definition) is 2. The molecule has 0 amide bonds. The average molecular weight is 264 g/mol. The Morgan fingerprint density at radius 3 is 2.56 bits per heavy atom. The van der Waals surface area contributed by atoms with Gasteiger partial charge >= 0.3 is 0 Å². The average Bonchev–Trinajstić information content (AvgIpc) is 2.27. The molecule has 2 N–H and O–H groups in total. The van der Waals surface area contributed by atoms with Crippen LogP contribution >= 0.6 is 20.7 Å². The third-order valence-corrected chi connectivity index (χ3v) is 4.70. The molecular weight excluding hydrogens is 243 g/mol. The molecule has 0 aromatic heterocycles. The Morgan fingerprint density at radius 1 is 1.38 bits per heavy atom. The number of nitrogens with one attached hydrogen (secondary N) is 2. The van der Waals surface area contributed by atoms with Gasteiger partial charge in [-0.25, -0.2) is 0 Å². The van der Waals surface area contributed by atoms with E-state index in [0.717, 1.165) is 19.6 Å². The largest absolute Gasteiger partial charge is 0.366 e. The first-order valence-corrected chi connectivity index (χ1v) is 7.03. The monoisotopic (exact) mass is 264 g/mol. The molecule has 0 aliphatic carbocycles. The molecule has 1 aliphatic heterocycles. The van der Waals surface area contributed by atoms with Crippen LogP contribution in [0.15, 0.2) is 0 Å². The third-order valence-electron chi connectivity index (χ3n) is 2.37. The van der Waals surface area contributed by atoms with Gasteiger partial charge in [-0.1, -0.05) is 0 Å². The van der Waals surface area contributed by atoms with Gasteiger partial charge in [-0.3, -0.25) is 9.34 Å². The Kier molecular flexibility index (Phi) is 6.46. The van der Waals surface area contributed by atoms with Crippen LogP contribution in [0.25, 0.3) is 0 Å². The second-order valence-electron chi connectivity index (χ2n) is 3.71. The molecule has 5 nitrogen and oxygen atoms in total. The number of thiocarbonyl (C=S) groups is 1. The van der Waals surface area contributed by atoms with E-state index in [1.54, 1.807) is 0 Å².